The van der Waals surface area contributed by atoms with Gasteiger partial charge >= 0.3 is 6.09 Å². The predicted octanol–water partition coefficient (Wildman–Crippen LogP) is 1.42. The number of ketones is 1. The third-order valence-electron chi connectivity index (χ3n) is 4.77. The van der Waals surface area contributed by atoms with E-state index in [0.717, 1.165) is 25.7 Å². The van der Waals surface area contributed by atoms with Crippen LogP contribution in [0.1, 0.15) is 32.1 Å². The molecular formula is C14H17NO4. The summed E-state index contributed by atoms with van der Waals surface area (Å²) >= 11 is 0. The van der Waals surface area contributed by atoms with Crippen molar-refractivity contribution in [2.24, 2.45) is 0 Å². The van der Waals surface area contributed by atoms with Crippen LogP contribution in [-0.4, -0.2) is 47.2 Å². The first-order valence-electron chi connectivity index (χ1n) is 7.05. The summed E-state index contributed by atoms with van der Waals surface area (Å²) in [6.45, 7) is 0.409. The zero-order chi connectivity index (χ0) is 13.0. The maximum absolute atomic E-state index is 12.5. The fourth-order valence-corrected chi connectivity index (χ4v) is 3.94. The molecule has 4 aliphatic heterocycles. The van der Waals surface area contributed by atoms with Crippen LogP contribution in [0.2, 0.25) is 0 Å². The smallest absolute Gasteiger partial charge is 0.410 e. The minimum atomic E-state index is -0.595. The van der Waals surface area contributed by atoms with E-state index in [2.05, 4.69) is 0 Å². The fraction of sp³-hybridized carbons (Fsp3) is 0.714. The molecule has 0 aliphatic carbocycles. The van der Waals surface area contributed by atoms with E-state index in [1.54, 1.807) is 4.90 Å². The predicted molar refractivity (Wildman–Crippen MR) is 65.6 cm³/mol. The Morgan fingerprint density at radius 3 is 3.11 bits per heavy atom. The minimum absolute atomic E-state index is 0.0350. The van der Waals surface area contributed by atoms with Crippen LogP contribution in [-0.2, 0) is 14.3 Å². The summed E-state index contributed by atoms with van der Waals surface area (Å²) in [4.78, 5) is 26.1. The average molecular weight is 263 g/mol. The highest BCUT2D eigenvalue weighted by atomic mass is 16.6. The van der Waals surface area contributed by atoms with Crippen molar-refractivity contribution in [3.05, 3.63) is 12.2 Å². The Morgan fingerprint density at radius 1 is 1.32 bits per heavy atom. The van der Waals surface area contributed by atoms with Crippen molar-refractivity contribution >= 4 is 11.9 Å². The van der Waals surface area contributed by atoms with Crippen molar-refractivity contribution in [3.63, 3.8) is 0 Å². The van der Waals surface area contributed by atoms with E-state index in [9.17, 15) is 9.59 Å². The van der Waals surface area contributed by atoms with Gasteiger partial charge in [0.15, 0.2) is 5.78 Å². The third-order valence-corrected chi connectivity index (χ3v) is 4.77. The number of hydrogen-bond donors (Lipinski definition) is 0. The quantitative estimate of drug-likeness (QED) is 0.620. The lowest BCUT2D eigenvalue weighted by Gasteiger charge is -2.46. The van der Waals surface area contributed by atoms with Crippen LogP contribution in [0.4, 0.5) is 4.79 Å². The van der Waals surface area contributed by atoms with E-state index >= 15 is 0 Å². The molecule has 0 saturated carbocycles. The first kappa shape index (κ1) is 11.5. The maximum Gasteiger partial charge on any atom is 0.410 e. The molecule has 5 nitrogen and oxygen atoms in total. The maximum atomic E-state index is 12.5. The molecule has 19 heavy (non-hydrogen) atoms. The van der Waals surface area contributed by atoms with Crippen molar-refractivity contribution in [3.8, 4) is 0 Å². The van der Waals surface area contributed by atoms with Crippen LogP contribution in [0.5, 0.6) is 0 Å². The molecule has 4 rings (SSSR count). The highest BCUT2D eigenvalue weighted by Crippen LogP contribution is 2.44. The summed E-state index contributed by atoms with van der Waals surface area (Å²) in [5.74, 6) is 0.118. The fourth-order valence-electron chi connectivity index (χ4n) is 3.94. The van der Waals surface area contributed by atoms with Crippen LogP contribution in [0.3, 0.4) is 0 Å². The zero-order valence-corrected chi connectivity index (χ0v) is 10.7. The molecule has 0 N–H and O–H groups in total. The van der Waals surface area contributed by atoms with Gasteiger partial charge in [-0.1, -0.05) is 25.0 Å². The normalized spacial score (nSPS) is 44.4. The van der Waals surface area contributed by atoms with Gasteiger partial charge in [-0.15, -0.1) is 0 Å². The van der Waals surface area contributed by atoms with Gasteiger partial charge in [0.05, 0.1) is 12.1 Å². The lowest BCUT2D eigenvalue weighted by atomic mass is 9.81. The molecule has 0 aromatic rings. The summed E-state index contributed by atoms with van der Waals surface area (Å²) in [5.41, 5.74) is -0.595. The Labute approximate surface area is 111 Å². The summed E-state index contributed by atoms with van der Waals surface area (Å²) in [6, 6.07) is -0.449. The van der Waals surface area contributed by atoms with Gasteiger partial charge in [-0.3, -0.25) is 9.69 Å². The molecule has 3 fully saturated rings. The van der Waals surface area contributed by atoms with Gasteiger partial charge < -0.3 is 9.47 Å². The number of carbonyl (C=O) groups excluding carboxylic acids is 2. The van der Waals surface area contributed by atoms with Gasteiger partial charge in [-0.2, -0.15) is 0 Å². The molecule has 0 aromatic carbocycles. The van der Waals surface area contributed by atoms with Crippen molar-refractivity contribution < 1.29 is 19.1 Å². The van der Waals surface area contributed by atoms with E-state index in [1.807, 2.05) is 12.2 Å². The second-order valence-corrected chi connectivity index (χ2v) is 5.93. The standard InChI is InChI=1S/C14H17NO4/c16-11-7-10-4-6-14(19-10)5-2-1-3-9-8-18-13(17)15(9)12(11)14/h4,6,9-10,12H,1-3,5,7-8H2/t9-,10-,12+,14+/m1/s1. The Balaban J connectivity index is 1.79. The number of hydrogen-bond acceptors (Lipinski definition) is 4. The van der Waals surface area contributed by atoms with Crippen molar-refractivity contribution in [1.82, 2.24) is 4.90 Å². The lowest BCUT2D eigenvalue weighted by Crippen LogP contribution is -2.62. The molecule has 4 aliphatic rings. The van der Waals surface area contributed by atoms with Gasteiger partial charge in [0.2, 0.25) is 0 Å². The molecule has 1 amide bonds. The van der Waals surface area contributed by atoms with Crippen molar-refractivity contribution in [2.75, 3.05) is 6.61 Å². The van der Waals surface area contributed by atoms with Gasteiger partial charge in [-0.05, 0) is 12.8 Å². The van der Waals surface area contributed by atoms with Gasteiger partial charge in [0.25, 0.3) is 0 Å². The Kier molecular flexibility index (Phi) is 2.31. The second kappa shape index (κ2) is 3.82. The van der Waals surface area contributed by atoms with Gasteiger partial charge in [0.1, 0.15) is 18.2 Å². The lowest BCUT2D eigenvalue weighted by molar-refractivity contribution is -0.155. The summed E-state index contributed by atoms with van der Waals surface area (Å²) in [5, 5.41) is 0. The van der Waals surface area contributed by atoms with Gasteiger partial charge in [-0.25, -0.2) is 4.79 Å². The largest absolute Gasteiger partial charge is 0.447 e. The number of fused-ring (bicyclic) bond motifs is 3. The van der Waals surface area contributed by atoms with E-state index in [4.69, 9.17) is 9.47 Å². The van der Waals surface area contributed by atoms with E-state index in [0.29, 0.717) is 13.0 Å². The highest BCUT2D eigenvalue weighted by molar-refractivity contribution is 5.91. The van der Waals surface area contributed by atoms with E-state index in [-0.39, 0.29) is 24.0 Å². The van der Waals surface area contributed by atoms with Crippen molar-refractivity contribution in [2.45, 2.75) is 55.9 Å². The molecule has 4 heterocycles. The number of ether oxygens (including phenoxy) is 2. The third kappa shape index (κ3) is 1.51. The van der Waals surface area contributed by atoms with Crippen LogP contribution < -0.4 is 0 Å². The average Bonchev–Trinajstić information content (AvgIpc) is 2.88. The molecule has 102 valence electrons. The summed E-state index contributed by atoms with van der Waals surface area (Å²) < 4.78 is 11.2. The number of Topliss-reactive ketones (excluding diaryl/α,β-unsaturated/α-hetero) is 1. The second-order valence-electron chi connectivity index (χ2n) is 5.93. The minimum Gasteiger partial charge on any atom is -0.447 e. The first-order chi connectivity index (χ1) is 9.20. The molecule has 4 atom stereocenters. The van der Waals surface area contributed by atoms with Crippen LogP contribution in [0, 0.1) is 0 Å². The molecule has 0 unspecified atom stereocenters. The molecule has 3 saturated heterocycles. The highest BCUT2D eigenvalue weighted by Gasteiger charge is 2.57. The van der Waals surface area contributed by atoms with E-state index < -0.39 is 11.6 Å². The van der Waals surface area contributed by atoms with Gasteiger partial charge in [0, 0.05) is 6.42 Å². The summed E-state index contributed by atoms with van der Waals surface area (Å²) in [7, 11) is 0. The molecule has 5 heteroatoms. The topological polar surface area (TPSA) is 55.8 Å². The monoisotopic (exact) mass is 263 g/mol. The molecular weight excluding hydrogens is 246 g/mol. The number of carbonyl (C=O) groups is 2. The molecule has 0 aromatic heterocycles. The Morgan fingerprint density at radius 2 is 2.21 bits per heavy atom. The van der Waals surface area contributed by atoms with Crippen LogP contribution in [0.15, 0.2) is 12.2 Å². The van der Waals surface area contributed by atoms with E-state index in [1.165, 1.54) is 0 Å². The van der Waals surface area contributed by atoms with Crippen LogP contribution >= 0.6 is 0 Å². The number of nitrogens with zero attached hydrogens (tertiary/aromatic N) is 1. The number of amides is 1. The number of rotatable bonds is 0. The number of cyclic esters (lactones) is 1. The molecule has 1 spiro atoms. The molecule has 0 radical (unpaired) electrons. The Hall–Kier alpha value is -1.36. The van der Waals surface area contributed by atoms with Crippen LogP contribution in [0.25, 0.3) is 0 Å². The SMILES string of the molecule is O=C1C[C@H]2C=C[C@]3(CCCC[C@@H]4COC(=O)N4[C@@H]13)O2. The zero-order valence-electron chi connectivity index (χ0n) is 10.7. The summed E-state index contributed by atoms with van der Waals surface area (Å²) in [6.07, 6.45) is 7.72. The van der Waals surface area contributed by atoms with Crippen molar-refractivity contribution in [1.29, 1.82) is 0 Å². The Bertz CT molecular complexity index is 474. The molecule has 2 bridgehead atoms. The first-order valence-corrected chi connectivity index (χ1v) is 7.05.